The van der Waals surface area contributed by atoms with Crippen molar-refractivity contribution < 1.29 is 8.83 Å². The number of hydrogen-bond donors (Lipinski definition) is 0. The minimum absolute atomic E-state index is 0.575. The van der Waals surface area contributed by atoms with Crippen molar-refractivity contribution >= 4 is 163 Å². The van der Waals surface area contributed by atoms with Crippen molar-refractivity contribution in [3.63, 3.8) is 0 Å². The van der Waals surface area contributed by atoms with E-state index in [1.54, 1.807) is 0 Å². The van der Waals surface area contributed by atoms with E-state index in [1.165, 1.54) is 47.3 Å². The van der Waals surface area contributed by atoms with Gasteiger partial charge in [0.1, 0.15) is 34.0 Å². The van der Waals surface area contributed by atoms with Crippen LogP contribution in [0.25, 0.3) is 219 Å². The fourth-order valence-corrected chi connectivity index (χ4v) is 18.1. The summed E-state index contributed by atoms with van der Waals surface area (Å²) in [6.07, 6.45) is 0. The highest BCUT2D eigenvalue weighted by molar-refractivity contribution is 7.26. The van der Waals surface area contributed by atoms with E-state index in [0.717, 1.165) is 166 Å². The van der Waals surface area contributed by atoms with Gasteiger partial charge < -0.3 is 13.4 Å². The predicted molar refractivity (Wildman–Crippen MR) is 426 cm³/mol. The maximum Gasteiger partial charge on any atom is 0.237 e. The fourth-order valence-electron chi connectivity index (χ4n) is 16.9. The standard InChI is InChI=1S/C93H53N7O2S/c1-8-29-76-61(18-1)62-19-2-9-30-77(62)97(76)58-42-46-87-72(52-58)71-51-57(40-45-86(71)102-87)75-53-90(96-93(95-75)100-80-33-12-5-22-65(80)66-23-6-13-34-81(66)100)99-82-35-14-7-24-68(82)91-59(25-16-36-83(91)99)54-41-47-88-73(49-54)67-27-15-26-60(92(67)103-88)55-38-43-84-69(48-55)70-50-56(39-44-85(70)101-84)74-28-17-37-89(94-74)98-78-31-10-3-20-63(78)64-21-4-11-32-79(64)98/h1-53H. The summed E-state index contributed by atoms with van der Waals surface area (Å²) in [6.45, 7) is 0. The van der Waals surface area contributed by atoms with Crippen molar-refractivity contribution in [3.05, 3.63) is 322 Å². The molecular formula is C93H53N7O2S. The van der Waals surface area contributed by atoms with Gasteiger partial charge in [-0.3, -0.25) is 13.7 Å². The fraction of sp³-hybridized carbons (Fsp3) is 0. The van der Waals surface area contributed by atoms with Crippen LogP contribution in [0, 0.1) is 0 Å². The van der Waals surface area contributed by atoms with E-state index < -0.39 is 0 Å². The highest BCUT2D eigenvalue weighted by Crippen LogP contribution is 2.47. The van der Waals surface area contributed by atoms with Crippen LogP contribution in [0.2, 0.25) is 0 Å². The van der Waals surface area contributed by atoms with E-state index >= 15 is 0 Å². The van der Waals surface area contributed by atoms with Crippen LogP contribution in [0.1, 0.15) is 0 Å². The number of thiophene rings is 1. The monoisotopic (exact) mass is 1330 g/mol. The number of hydrogen-bond acceptors (Lipinski definition) is 6. The van der Waals surface area contributed by atoms with Gasteiger partial charge in [0.25, 0.3) is 0 Å². The van der Waals surface area contributed by atoms with Crippen molar-refractivity contribution in [1.29, 1.82) is 0 Å². The van der Waals surface area contributed by atoms with Crippen molar-refractivity contribution in [3.8, 4) is 68.0 Å². The predicted octanol–water partition coefficient (Wildman–Crippen LogP) is 25.1. The van der Waals surface area contributed by atoms with Crippen LogP contribution < -0.4 is 0 Å². The summed E-state index contributed by atoms with van der Waals surface area (Å²) in [5.41, 5.74) is 21.4. The minimum Gasteiger partial charge on any atom is -0.456 e. The van der Waals surface area contributed by atoms with Crippen LogP contribution in [-0.4, -0.2) is 33.2 Å². The number of pyridine rings is 1. The van der Waals surface area contributed by atoms with Crippen LogP contribution in [0.5, 0.6) is 0 Å². The van der Waals surface area contributed by atoms with Crippen LogP contribution in [-0.2, 0) is 0 Å². The maximum absolute atomic E-state index is 6.67. The van der Waals surface area contributed by atoms with E-state index in [9.17, 15) is 0 Å². The molecule has 14 aromatic carbocycles. The molecular weight excluding hydrogens is 1280 g/mol. The highest BCUT2D eigenvalue weighted by atomic mass is 32.1. The quantitative estimate of drug-likeness (QED) is 0.151. The first-order valence-electron chi connectivity index (χ1n) is 34.8. The molecule has 9 aromatic heterocycles. The zero-order chi connectivity index (χ0) is 67.1. The average molecular weight is 1330 g/mol. The molecule has 0 aliphatic rings. The first kappa shape index (κ1) is 56.2. The van der Waals surface area contributed by atoms with Gasteiger partial charge in [-0.1, -0.05) is 176 Å². The molecule has 0 fully saturated rings. The second-order valence-electron chi connectivity index (χ2n) is 27.0. The lowest BCUT2D eigenvalue weighted by Crippen LogP contribution is -2.07. The molecule has 478 valence electrons. The number of furan rings is 2. The Morgan fingerprint density at radius 3 is 1.26 bits per heavy atom. The van der Waals surface area contributed by atoms with Crippen LogP contribution in [0.4, 0.5) is 0 Å². The molecule has 9 heterocycles. The number of benzene rings is 14. The topological polar surface area (TPSA) is 84.7 Å². The van der Waals surface area contributed by atoms with Gasteiger partial charge in [-0.05, 0) is 162 Å². The molecule has 0 aliphatic heterocycles. The average Bonchev–Trinajstić information content (AvgIpc) is 1.59. The lowest BCUT2D eigenvalue weighted by molar-refractivity contribution is 0.668. The number of nitrogens with zero attached hydrogens (tertiary/aromatic N) is 7. The Labute approximate surface area is 590 Å². The molecule has 0 amide bonds. The van der Waals surface area contributed by atoms with E-state index in [1.807, 2.05) is 11.3 Å². The number of aromatic nitrogens is 7. The Morgan fingerprint density at radius 2 is 0.660 bits per heavy atom. The van der Waals surface area contributed by atoms with Gasteiger partial charge in [0, 0.05) is 108 Å². The maximum atomic E-state index is 6.67. The Morgan fingerprint density at radius 1 is 0.243 bits per heavy atom. The first-order chi connectivity index (χ1) is 51.0. The van der Waals surface area contributed by atoms with Crippen molar-refractivity contribution in [2.24, 2.45) is 0 Å². The van der Waals surface area contributed by atoms with Gasteiger partial charge in [-0.25, -0.2) is 9.97 Å². The molecule has 0 radical (unpaired) electrons. The molecule has 103 heavy (non-hydrogen) atoms. The molecule has 0 saturated heterocycles. The van der Waals surface area contributed by atoms with E-state index in [-0.39, 0.29) is 0 Å². The highest BCUT2D eigenvalue weighted by Gasteiger charge is 2.25. The summed E-state index contributed by atoms with van der Waals surface area (Å²) in [5.74, 6) is 2.21. The normalized spacial score (nSPS) is 12.3. The largest absolute Gasteiger partial charge is 0.456 e. The second-order valence-corrected chi connectivity index (χ2v) is 28.0. The van der Waals surface area contributed by atoms with Crippen LogP contribution in [0.15, 0.2) is 330 Å². The minimum atomic E-state index is 0.575. The molecule has 0 atom stereocenters. The molecule has 0 spiro atoms. The number of rotatable bonds is 8. The molecule has 0 bridgehead atoms. The molecule has 0 saturated carbocycles. The van der Waals surface area contributed by atoms with E-state index in [0.29, 0.717) is 5.95 Å². The van der Waals surface area contributed by atoms with Gasteiger partial charge in [0.05, 0.1) is 55.5 Å². The number of para-hydroxylation sites is 7. The molecule has 0 aliphatic carbocycles. The Kier molecular flexibility index (Phi) is 11.7. The summed E-state index contributed by atoms with van der Waals surface area (Å²) >= 11 is 1.85. The summed E-state index contributed by atoms with van der Waals surface area (Å²) in [5, 5.41) is 16.0. The molecule has 9 nitrogen and oxygen atoms in total. The van der Waals surface area contributed by atoms with Gasteiger partial charge in [-0.2, -0.15) is 4.98 Å². The zero-order valence-corrected chi connectivity index (χ0v) is 55.8. The SMILES string of the molecule is c1cc(-c2ccc3oc4ccc(-c5cccc6c5sc5ccc(-c7cccc8c7c7ccccc7n8-c7cc(-c8ccc9oc%10ccc(-n%11c%12ccccc%12c%12ccccc%12%11)cc%10c9c8)nc(-n8c9ccccc9c9ccccc98)n7)cc56)cc4c3c2)nc(-n2c3ccccc3c3ccccc32)c1. The summed E-state index contributed by atoms with van der Waals surface area (Å²) in [4.78, 5) is 16.6. The van der Waals surface area contributed by atoms with Crippen molar-refractivity contribution in [2.75, 3.05) is 0 Å². The van der Waals surface area contributed by atoms with Gasteiger partial charge in [0.2, 0.25) is 5.95 Å². The Hall–Kier alpha value is -13.7. The smallest absolute Gasteiger partial charge is 0.237 e. The van der Waals surface area contributed by atoms with Crippen LogP contribution >= 0.6 is 11.3 Å². The first-order valence-corrected chi connectivity index (χ1v) is 35.6. The third kappa shape index (κ3) is 8.26. The van der Waals surface area contributed by atoms with Crippen molar-refractivity contribution in [2.45, 2.75) is 0 Å². The molecule has 0 N–H and O–H groups in total. The van der Waals surface area contributed by atoms with E-state index in [2.05, 4.69) is 340 Å². The van der Waals surface area contributed by atoms with E-state index in [4.69, 9.17) is 23.8 Å². The molecule has 23 aromatic rings. The molecule has 23 rings (SSSR count). The van der Waals surface area contributed by atoms with Crippen LogP contribution in [0.3, 0.4) is 0 Å². The van der Waals surface area contributed by atoms with Crippen molar-refractivity contribution in [1.82, 2.24) is 33.2 Å². The Balaban J connectivity index is 0.651. The lowest BCUT2D eigenvalue weighted by atomic mass is 9.97. The second kappa shape index (κ2) is 21.4. The third-order valence-electron chi connectivity index (χ3n) is 21.4. The van der Waals surface area contributed by atoms with Gasteiger partial charge in [0.15, 0.2) is 0 Å². The summed E-state index contributed by atoms with van der Waals surface area (Å²) in [6, 6.07) is 115. The lowest BCUT2D eigenvalue weighted by Gasteiger charge is -2.14. The third-order valence-corrected chi connectivity index (χ3v) is 22.6. The van der Waals surface area contributed by atoms with Gasteiger partial charge in [-0.15, -0.1) is 11.3 Å². The summed E-state index contributed by atoms with van der Waals surface area (Å²) < 4.78 is 24.9. The molecule has 10 heteroatoms. The number of fused-ring (bicyclic) bond motifs is 21. The summed E-state index contributed by atoms with van der Waals surface area (Å²) in [7, 11) is 0. The Bertz CT molecular complexity index is 7440. The van der Waals surface area contributed by atoms with Gasteiger partial charge >= 0.3 is 0 Å². The zero-order valence-electron chi connectivity index (χ0n) is 55.0. The molecule has 0 unspecified atom stereocenters.